The number of rotatable bonds is 4. The summed E-state index contributed by atoms with van der Waals surface area (Å²) >= 11 is 6.49. The molecule has 1 aromatic carbocycles. The quantitative estimate of drug-likeness (QED) is 0.663. The second kappa shape index (κ2) is 8.22. The molecule has 152 valence electrons. The number of ether oxygens (including phenoxy) is 1. The zero-order chi connectivity index (χ0) is 20.5. The van der Waals surface area contributed by atoms with E-state index in [0.717, 1.165) is 22.0 Å². The highest BCUT2D eigenvalue weighted by molar-refractivity contribution is 6.33. The van der Waals surface area contributed by atoms with Crippen molar-refractivity contribution >= 4 is 28.5 Å². The predicted octanol–water partition coefficient (Wildman–Crippen LogP) is 4.34. The van der Waals surface area contributed by atoms with Gasteiger partial charge in [-0.05, 0) is 42.5 Å². The van der Waals surface area contributed by atoms with Crippen LogP contribution in [0.4, 0.5) is 5.95 Å². The summed E-state index contributed by atoms with van der Waals surface area (Å²) in [6.07, 6.45) is 3.57. The van der Waals surface area contributed by atoms with Gasteiger partial charge >= 0.3 is 0 Å². The van der Waals surface area contributed by atoms with Crippen molar-refractivity contribution in [3.05, 3.63) is 46.7 Å². The van der Waals surface area contributed by atoms with Crippen molar-refractivity contribution in [1.29, 1.82) is 0 Å². The van der Waals surface area contributed by atoms with Crippen LogP contribution in [0.2, 0.25) is 5.02 Å². The summed E-state index contributed by atoms with van der Waals surface area (Å²) < 4.78 is 5.29. The van der Waals surface area contributed by atoms with Crippen LogP contribution in [0.15, 0.2) is 30.6 Å². The molecule has 3 heterocycles. The SMILES string of the molecule is Cc1c(-c2nc(N[C@@H]3CCOC[C@H]3O)ncc2Cl)ccc2nccc(C(C)C)c12. The van der Waals surface area contributed by atoms with E-state index in [1.54, 1.807) is 6.20 Å². The van der Waals surface area contributed by atoms with Crippen LogP contribution in [-0.4, -0.2) is 45.4 Å². The highest BCUT2D eigenvalue weighted by Gasteiger charge is 2.25. The van der Waals surface area contributed by atoms with E-state index in [2.05, 4.69) is 47.1 Å². The zero-order valence-electron chi connectivity index (χ0n) is 16.8. The Labute approximate surface area is 175 Å². The Kier molecular flexibility index (Phi) is 5.67. The summed E-state index contributed by atoms with van der Waals surface area (Å²) in [5, 5.41) is 15.0. The molecule has 4 rings (SSSR count). The Hall–Kier alpha value is -2.28. The van der Waals surface area contributed by atoms with Crippen LogP contribution >= 0.6 is 11.6 Å². The van der Waals surface area contributed by atoms with Crippen molar-refractivity contribution < 1.29 is 9.84 Å². The third-order valence-electron chi connectivity index (χ3n) is 5.46. The van der Waals surface area contributed by atoms with Gasteiger partial charge in [0.25, 0.3) is 0 Å². The number of hydrogen-bond acceptors (Lipinski definition) is 6. The summed E-state index contributed by atoms with van der Waals surface area (Å²) in [5.41, 5.74) is 4.94. The second-order valence-electron chi connectivity index (χ2n) is 7.76. The highest BCUT2D eigenvalue weighted by Crippen LogP contribution is 2.35. The fourth-order valence-electron chi connectivity index (χ4n) is 3.87. The number of nitrogens with one attached hydrogen (secondary N) is 1. The normalized spacial score (nSPS) is 19.7. The molecule has 7 heteroatoms. The number of aliphatic hydroxyl groups excluding tert-OH is 1. The number of pyridine rings is 1. The Morgan fingerprint density at radius 1 is 1.24 bits per heavy atom. The van der Waals surface area contributed by atoms with Gasteiger partial charge in [-0.25, -0.2) is 9.97 Å². The van der Waals surface area contributed by atoms with Crippen molar-refractivity contribution in [2.24, 2.45) is 0 Å². The maximum Gasteiger partial charge on any atom is 0.223 e. The van der Waals surface area contributed by atoms with Gasteiger partial charge in [0.2, 0.25) is 5.95 Å². The van der Waals surface area contributed by atoms with E-state index in [-0.39, 0.29) is 6.04 Å². The van der Waals surface area contributed by atoms with Crippen molar-refractivity contribution in [1.82, 2.24) is 15.0 Å². The Morgan fingerprint density at radius 3 is 2.83 bits per heavy atom. The molecule has 0 radical (unpaired) electrons. The van der Waals surface area contributed by atoms with Gasteiger partial charge in [-0.1, -0.05) is 31.5 Å². The van der Waals surface area contributed by atoms with E-state index in [4.69, 9.17) is 16.3 Å². The summed E-state index contributed by atoms with van der Waals surface area (Å²) in [6.45, 7) is 7.36. The van der Waals surface area contributed by atoms with Gasteiger partial charge in [0, 0.05) is 23.8 Å². The van der Waals surface area contributed by atoms with E-state index in [9.17, 15) is 5.11 Å². The molecule has 0 unspecified atom stereocenters. The molecular formula is C22H25ClN4O2. The maximum atomic E-state index is 10.1. The summed E-state index contributed by atoms with van der Waals surface area (Å²) in [4.78, 5) is 13.5. The molecule has 0 spiro atoms. The molecule has 2 atom stereocenters. The topological polar surface area (TPSA) is 80.2 Å². The number of nitrogens with zero attached hydrogens (tertiary/aromatic N) is 3. The number of fused-ring (bicyclic) bond motifs is 1. The first-order valence-corrected chi connectivity index (χ1v) is 10.3. The van der Waals surface area contributed by atoms with Crippen LogP contribution in [0.1, 0.15) is 37.3 Å². The lowest BCUT2D eigenvalue weighted by Gasteiger charge is -2.28. The minimum absolute atomic E-state index is 0.146. The Bertz CT molecular complexity index is 1040. The predicted molar refractivity (Wildman–Crippen MR) is 115 cm³/mol. The van der Waals surface area contributed by atoms with Crippen LogP contribution in [0.25, 0.3) is 22.2 Å². The molecule has 0 bridgehead atoms. The molecule has 1 aliphatic heterocycles. The minimum atomic E-state index is -0.589. The molecule has 2 aromatic heterocycles. The van der Waals surface area contributed by atoms with Crippen LogP contribution in [0.3, 0.4) is 0 Å². The fourth-order valence-corrected chi connectivity index (χ4v) is 4.06. The molecule has 29 heavy (non-hydrogen) atoms. The van der Waals surface area contributed by atoms with Crippen LogP contribution < -0.4 is 5.32 Å². The van der Waals surface area contributed by atoms with E-state index in [0.29, 0.717) is 42.2 Å². The minimum Gasteiger partial charge on any atom is -0.389 e. The number of anilines is 1. The molecule has 0 amide bonds. The molecular weight excluding hydrogens is 388 g/mol. The third-order valence-corrected chi connectivity index (χ3v) is 5.74. The molecule has 0 aliphatic carbocycles. The maximum absolute atomic E-state index is 10.1. The summed E-state index contributed by atoms with van der Waals surface area (Å²) in [7, 11) is 0. The molecule has 0 saturated carbocycles. The number of benzene rings is 1. The molecule has 6 nitrogen and oxygen atoms in total. The molecule has 1 fully saturated rings. The number of halogens is 1. The van der Waals surface area contributed by atoms with Crippen molar-refractivity contribution in [2.75, 3.05) is 18.5 Å². The van der Waals surface area contributed by atoms with Gasteiger partial charge in [-0.2, -0.15) is 0 Å². The first-order valence-electron chi connectivity index (χ1n) is 9.89. The lowest BCUT2D eigenvalue weighted by Crippen LogP contribution is -2.42. The largest absolute Gasteiger partial charge is 0.389 e. The molecule has 1 saturated heterocycles. The van der Waals surface area contributed by atoms with E-state index in [1.807, 2.05) is 18.3 Å². The lowest BCUT2D eigenvalue weighted by molar-refractivity contribution is -0.0136. The summed E-state index contributed by atoms with van der Waals surface area (Å²) in [6, 6.07) is 5.95. The molecule has 3 aromatic rings. The van der Waals surface area contributed by atoms with Crippen LogP contribution in [0.5, 0.6) is 0 Å². The van der Waals surface area contributed by atoms with Gasteiger partial charge in [-0.3, -0.25) is 4.98 Å². The summed E-state index contributed by atoms with van der Waals surface area (Å²) in [5.74, 6) is 0.827. The Morgan fingerprint density at radius 2 is 2.07 bits per heavy atom. The zero-order valence-corrected chi connectivity index (χ0v) is 17.6. The lowest BCUT2D eigenvalue weighted by atomic mass is 9.92. The second-order valence-corrected chi connectivity index (χ2v) is 8.17. The average molecular weight is 413 g/mol. The monoisotopic (exact) mass is 412 g/mol. The Balaban J connectivity index is 1.77. The average Bonchev–Trinajstić information content (AvgIpc) is 2.71. The fraction of sp³-hybridized carbons (Fsp3) is 0.409. The standard InChI is InChI=1S/C22H25ClN4O2/c1-12(2)14-6-8-24-18-5-4-15(13(3)20(14)18)21-16(23)10-25-22(27-21)26-17-7-9-29-11-19(17)28/h4-6,8,10,12,17,19,28H,7,9,11H2,1-3H3,(H,25,26,27)/t17-,19-/m1/s1. The van der Waals surface area contributed by atoms with E-state index in [1.165, 1.54) is 5.56 Å². The van der Waals surface area contributed by atoms with Crippen LogP contribution in [0, 0.1) is 6.92 Å². The number of aromatic nitrogens is 3. The molecule has 2 N–H and O–H groups in total. The van der Waals surface area contributed by atoms with Gasteiger partial charge in [0.15, 0.2) is 0 Å². The number of aryl methyl sites for hydroxylation is 1. The first-order chi connectivity index (χ1) is 14.0. The van der Waals surface area contributed by atoms with Gasteiger partial charge in [0.1, 0.15) is 0 Å². The van der Waals surface area contributed by atoms with Crippen LogP contribution in [-0.2, 0) is 4.74 Å². The smallest absolute Gasteiger partial charge is 0.223 e. The van der Waals surface area contributed by atoms with Crippen molar-refractivity contribution in [2.45, 2.75) is 45.3 Å². The van der Waals surface area contributed by atoms with E-state index >= 15 is 0 Å². The van der Waals surface area contributed by atoms with E-state index < -0.39 is 6.10 Å². The highest BCUT2D eigenvalue weighted by atomic mass is 35.5. The number of aliphatic hydroxyl groups is 1. The molecule has 1 aliphatic rings. The number of hydrogen-bond donors (Lipinski definition) is 2. The van der Waals surface area contributed by atoms with Crippen molar-refractivity contribution in [3.8, 4) is 11.3 Å². The van der Waals surface area contributed by atoms with Gasteiger partial charge in [0.05, 0.1) is 41.2 Å². The first kappa shape index (κ1) is 20.0. The van der Waals surface area contributed by atoms with Gasteiger partial charge < -0.3 is 15.2 Å². The van der Waals surface area contributed by atoms with Crippen molar-refractivity contribution in [3.63, 3.8) is 0 Å². The van der Waals surface area contributed by atoms with Gasteiger partial charge in [-0.15, -0.1) is 0 Å². The third kappa shape index (κ3) is 3.92.